The van der Waals surface area contributed by atoms with Gasteiger partial charge in [0.25, 0.3) is 5.91 Å². The maximum absolute atomic E-state index is 12.9. The molecule has 6 nitrogen and oxygen atoms in total. The van der Waals surface area contributed by atoms with Crippen LogP contribution >= 0.6 is 0 Å². The Morgan fingerprint density at radius 1 is 1.13 bits per heavy atom. The molecule has 0 saturated carbocycles. The first-order valence-electron chi connectivity index (χ1n) is 9.76. The number of hydrogen-bond acceptors (Lipinski definition) is 5. The second-order valence-corrected chi connectivity index (χ2v) is 7.09. The third kappa shape index (κ3) is 5.90. The van der Waals surface area contributed by atoms with Gasteiger partial charge in [-0.1, -0.05) is 29.8 Å². The number of rotatable bonds is 8. The van der Waals surface area contributed by atoms with Crippen molar-refractivity contribution >= 4 is 5.91 Å². The molecule has 162 valence electrons. The summed E-state index contributed by atoms with van der Waals surface area (Å²) in [6.45, 7) is 2.60. The van der Waals surface area contributed by atoms with Crippen LogP contribution in [0.4, 0.5) is 8.78 Å². The first-order valence-corrected chi connectivity index (χ1v) is 9.76. The molecule has 3 rings (SSSR count). The van der Waals surface area contributed by atoms with Crippen molar-refractivity contribution in [1.82, 2.24) is 10.2 Å². The number of carbonyl (C=O) groups excluding carboxylic acids is 1. The van der Waals surface area contributed by atoms with Crippen molar-refractivity contribution in [2.45, 2.75) is 19.6 Å². The Bertz CT molecular complexity index is 840. The number of carbonyl (C=O) groups is 1. The van der Waals surface area contributed by atoms with Crippen molar-refractivity contribution in [2.24, 2.45) is 0 Å². The summed E-state index contributed by atoms with van der Waals surface area (Å²) in [5.74, 6) is -0.369. The number of ether oxygens (including phenoxy) is 3. The van der Waals surface area contributed by atoms with Crippen molar-refractivity contribution in [2.75, 3.05) is 40.0 Å². The van der Waals surface area contributed by atoms with Gasteiger partial charge in [-0.05, 0) is 30.7 Å². The fraction of sp³-hybridized carbons (Fsp3) is 0.409. The van der Waals surface area contributed by atoms with Crippen LogP contribution in [0.25, 0.3) is 0 Å². The van der Waals surface area contributed by atoms with Gasteiger partial charge in [-0.2, -0.15) is 8.78 Å². The Hall–Kier alpha value is -2.71. The summed E-state index contributed by atoms with van der Waals surface area (Å²) in [5, 5.41) is 3.06. The van der Waals surface area contributed by atoms with Crippen LogP contribution in [-0.2, 0) is 4.74 Å². The van der Waals surface area contributed by atoms with Gasteiger partial charge >= 0.3 is 6.61 Å². The fourth-order valence-electron chi connectivity index (χ4n) is 3.32. The van der Waals surface area contributed by atoms with Crippen molar-refractivity contribution < 1.29 is 27.8 Å². The zero-order valence-corrected chi connectivity index (χ0v) is 17.1. The predicted octanol–water partition coefficient (Wildman–Crippen LogP) is 3.41. The summed E-state index contributed by atoms with van der Waals surface area (Å²) < 4.78 is 40.0. The lowest BCUT2D eigenvalue weighted by atomic mass is 10.0. The molecule has 0 aromatic heterocycles. The number of nitrogens with zero attached hydrogens (tertiary/aromatic N) is 1. The Morgan fingerprint density at radius 3 is 2.47 bits per heavy atom. The highest BCUT2D eigenvalue weighted by atomic mass is 19.3. The van der Waals surface area contributed by atoms with Crippen molar-refractivity contribution in [1.29, 1.82) is 0 Å². The normalized spacial score (nSPS) is 15.6. The van der Waals surface area contributed by atoms with Crippen LogP contribution in [0, 0.1) is 6.92 Å². The Morgan fingerprint density at radius 2 is 1.83 bits per heavy atom. The summed E-state index contributed by atoms with van der Waals surface area (Å²) in [6.07, 6.45) is 0. The van der Waals surface area contributed by atoms with E-state index >= 15 is 0 Å². The average Bonchev–Trinajstić information content (AvgIpc) is 2.74. The second-order valence-electron chi connectivity index (χ2n) is 7.09. The Balaban J connectivity index is 1.78. The molecule has 2 aromatic carbocycles. The van der Waals surface area contributed by atoms with Crippen molar-refractivity contribution in [3.05, 3.63) is 59.2 Å². The maximum Gasteiger partial charge on any atom is 0.387 e. The molecular weight excluding hydrogens is 394 g/mol. The van der Waals surface area contributed by atoms with Crippen molar-refractivity contribution in [3.8, 4) is 11.5 Å². The van der Waals surface area contributed by atoms with E-state index in [-0.39, 0.29) is 23.4 Å². The molecular formula is C22H26F2N2O4. The SMILES string of the molecule is COc1cc(C(=O)N[C@@H](CN2CCOCC2)c2ccc(C)cc2)ccc1OC(F)F. The lowest BCUT2D eigenvalue weighted by molar-refractivity contribution is -0.0512. The van der Waals surface area contributed by atoms with E-state index < -0.39 is 6.61 Å². The molecule has 0 unspecified atom stereocenters. The van der Waals surface area contributed by atoms with Gasteiger partial charge in [-0.25, -0.2) is 0 Å². The standard InChI is InChI=1S/C22H26F2N2O4/c1-15-3-5-16(6-4-15)18(14-26-9-11-29-12-10-26)25-21(27)17-7-8-19(30-22(23)24)20(13-17)28-2/h3-8,13,18,22H,9-12,14H2,1-2H3,(H,25,27)/t18-/m0/s1. The van der Waals surface area contributed by atoms with Gasteiger partial charge in [0.05, 0.1) is 26.4 Å². The third-order valence-corrected chi connectivity index (χ3v) is 4.97. The number of benzene rings is 2. The molecule has 1 saturated heterocycles. The molecule has 1 fully saturated rings. The predicted molar refractivity (Wildman–Crippen MR) is 108 cm³/mol. The number of morpholine rings is 1. The van der Waals surface area contributed by atoms with E-state index in [1.54, 1.807) is 0 Å². The van der Waals surface area contributed by atoms with Crippen LogP contribution in [0.15, 0.2) is 42.5 Å². The number of amides is 1. The molecule has 1 aliphatic rings. The number of alkyl halides is 2. The highest BCUT2D eigenvalue weighted by Gasteiger charge is 2.22. The Labute approximate surface area is 174 Å². The van der Waals surface area contributed by atoms with Gasteiger partial charge in [-0.15, -0.1) is 0 Å². The first kappa shape index (κ1) is 22.0. The third-order valence-electron chi connectivity index (χ3n) is 4.97. The number of halogens is 2. The van der Waals surface area contributed by atoms with Crippen molar-refractivity contribution in [3.63, 3.8) is 0 Å². The number of aryl methyl sites for hydroxylation is 1. The lowest BCUT2D eigenvalue weighted by Gasteiger charge is -2.31. The minimum atomic E-state index is -2.97. The zero-order valence-electron chi connectivity index (χ0n) is 17.1. The van der Waals surface area contributed by atoms with E-state index in [1.165, 1.54) is 25.3 Å². The molecule has 8 heteroatoms. The van der Waals surface area contributed by atoms with E-state index in [1.807, 2.05) is 31.2 Å². The Kier molecular flexibility index (Phi) is 7.59. The number of hydrogen-bond donors (Lipinski definition) is 1. The molecule has 1 aliphatic heterocycles. The van der Waals surface area contributed by atoms with Gasteiger partial charge in [0, 0.05) is 25.2 Å². The summed E-state index contributed by atoms with van der Waals surface area (Å²) in [7, 11) is 1.34. The number of methoxy groups -OCH3 is 1. The topological polar surface area (TPSA) is 60.0 Å². The molecule has 30 heavy (non-hydrogen) atoms. The molecule has 0 aliphatic carbocycles. The van der Waals surface area contributed by atoms with Crippen LogP contribution in [0.2, 0.25) is 0 Å². The van der Waals surface area contributed by atoms with E-state index in [0.29, 0.717) is 25.3 Å². The summed E-state index contributed by atoms with van der Waals surface area (Å²) in [4.78, 5) is 15.2. The molecule has 0 bridgehead atoms. The first-order chi connectivity index (χ1) is 14.5. The highest BCUT2D eigenvalue weighted by molar-refractivity contribution is 5.95. The van der Waals surface area contributed by atoms with Crippen LogP contribution in [0.1, 0.15) is 27.5 Å². The quantitative estimate of drug-likeness (QED) is 0.709. The lowest BCUT2D eigenvalue weighted by Crippen LogP contribution is -2.43. The molecule has 2 aromatic rings. The number of nitrogens with one attached hydrogen (secondary N) is 1. The highest BCUT2D eigenvalue weighted by Crippen LogP contribution is 2.29. The van der Waals surface area contributed by atoms with Gasteiger partial charge in [0.1, 0.15) is 0 Å². The van der Waals surface area contributed by atoms with Gasteiger partial charge in [0.15, 0.2) is 11.5 Å². The molecule has 0 radical (unpaired) electrons. The second kappa shape index (κ2) is 10.4. The maximum atomic E-state index is 12.9. The summed E-state index contributed by atoms with van der Waals surface area (Å²) in [5.41, 5.74) is 2.42. The van der Waals surface area contributed by atoms with E-state index in [9.17, 15) is 13.6 Å². The van der Waals surface area contributed by atoms with E-state index in [2.05, 4.69) is 15.0 Å². The van der Waals surface area contributed by atoms with E-state index in [4.69, 9.17) is 9.47 Å². The molecule has 1 amide bonds. The van der Waals surface area contributed by atoms with Gasteiger partial charge < -0.3 is 19.5 Å². The van der Waals surface area contributed by atoms with Crippen LogP contribution < -0.4 is 14.8 Å². The molecule has 0 spiro atoms. The molecule has 1 heterocycles. The summed E-state index contributed by atoms with van der Waals surface area (Å²) >= 11 is 0. The zero-order chi connectivity index (χ0) is 21.5. The average molecular weight is 420 g/mol. The summed E-state index contributed by atoms with van der Waals surface area (Å²) in [6, 6.07) is 11.9. The van der Waals surface area contributed by atoms with Crippen LogP contribution in [-0.4, -0.2) is 57.4 Å². The monoisotopic (exact) mass is 420 g/mol. The molecule has 1 N–H and O–H groups in total. The minimum Gasteiger partial charge on any atom is -0.493 e. The van der Waals surface area contributed by atoms with Gasteiger partial charge in [0.2, 0.25) is 0 Å². The molecule has 1 atom stereocenters. The minimum absolute atomic E-state index is 0.0722. The largest absolute Gasteiger partial charge is 0.493 e. The van der Waals surface area contributed by atoms with E-state index in [0.717, 1.165) is 24.2 Å². The van der Waals surface area contributed by atoms with Crippen LogP contribution in [0.5, 0.6) is 11.5 Å². The smallest absolute Gasteiger partial charge is 0.387 e. The fourth-order valence-corrected chi connectivity index (χ4v) is 3.32. The van der Waals surface area contributed by atoms with Gasteiger partial charge in [-0.3, -0.25) is 9.69 Å². The van der Waals surface area contributed by atoms with Crippen LogP contribution in [0.3, 0.4) is 0 Å².